The number of aromatic nitrogens is 1. The fourth-order valence-corrected chi connectivity index (χ4v) is 2.85. The number of hydrogen-bond donors (Lipinski definition) is 1. The second-order valence-electron chi connectivity index (χ2n) is 5.46. The Labute approximate surface area is 118 Å². The van der Waals surface area contributed by atoms with Crippen molar-refractivity contribution in [1.29, 1.82) is 0 Å². The molecule has 0 spiro atoms. The van der Waals surface area contributed by atoms with E-state index in [2.05, 4.69) is 13.8 Å². The predicted molar refractivity (Wildman–Crippen MR) is 81.1 cm³/mol. The Morgan fingerprint density at radius 2 is 2.05 bits per heavy atom. The molecular weight excluding hydrogens is 250 g/mol. The zero-order valence-electron chi connectivity index (χ0n) is 11.8. The first-order valence-electron chi connectivity index (χ1n) is 6.95. The van der Waals surface area contributed by atoms with Crippen molar-refractivity contribution in [3.63, 3.8) is 0 Å². The summed E-state index contributed by atoms with van der Waals surface area (Å²) in [4.78, 5) is 14.6. The smallest absolute Gasteiger partial charge is 0.274 e. The third-order valence-corrected chi connectivity index (χ3v) is 3.83. The number of anilines is 2. The maximum atomic E-state index is 12.8. The summed E-state index contributed by atoms with van der Waals surface area (Å²) >= 11 is 0. The average molecular weight is 269 g/mol. The molecule has 1 aromatic heterocycles. The molecule has 0 aliphatic carbocycles. The summed E-state index contributed by atoms with van der Waals surface area (Å²) in [5.41, 5.74) is 9.48. The quantitative estimate of drug-likeness (QED) is 0.852. The highest BCUT2D eigenvalue weighted by Gasteiger charge is 2.28. The molecule has 0 radical (unpaired) electrons. The van der Waals surface area contributed by atoms with Crippen LogP contribution in [0.15, 0.2) is 36.5 Å². The van der Waals surface area contributed by atoms with E-state index in [4.69, 9.17) is 5.73 Å². The lowest BCUT2D eigenvalue weighted by atomic mass is 10.1. The van der Waals surface area contributed by atoms with Crippen molar-refractivity contribution in [2.75, 3.05) is 17.2 Å². The van der Waals surface area contributed by atoms with Crippen molar-refractivity contribution in [3.8, 4) is 0 Å². The molecule has 1 amide bonds. The number of carbonyl (C=O) groups excluding carboxylic acids is 1. The second kappa shape index (κ2) is 4.71. The summed E-state index contributed by atoms with van der Waals surface area (Å²) in [7, 11) is 0. The minimum atomic E-state index is 0.0281. The van der Waals surface area contributed by atoms with E-state index in [0.717, 1.165) is 23.4 Å². The van der Waals surface area contributed by atoms with Crippen molar-refractivity contribution < 1.29 is 4.79 Å². The van der Waals surface area contributed by atoms with Gasteiger partial charge in [0.05, 0.1) is 11.4 Å². The van der Waals surface area contributed by atoms with E-state index in [1.54, 1.807) is 4.90 Å². The van der Waals surface area contributed by atoms with E-state index in [1.165, 1.54) is 0 Å². The first-order valence-corrected chi connectivity index (χ1v) is 6.95. The van der Waals surface area contributed by atoms with Gasteiger partial charge in [-0.05, 0) is 44.0 Å². The Balaban J connectivity index is 2.00. The highest BCUT2D eigenvalue weighted by atomic mass is 16.2. The number of para-hydroxylation sites is 1. The summed E-state index contributed by atoms with van der Waals surface area (Å²) in [5.74, 6) is 0.0281. The van der Waals surface area contributed by atoms with Crippen molar-refractivity contribution in [1.82, 2.24) is 4.57 Å². The fourth-order valence-electron chi connectivity index (χ4n) is 2.85. The van der Waals surface area contributed by atoms with Gasteiger partial charge in [0.15, 0.2) is 0 Å². The minimum Gasteiger partial charge on any atom is -0.397 e. The van der Waals surface area contributed by atoms with E-state index in [9.17, 15) is 4.79 Å². The van der Waals surface area contributed by atoms with E-state index in [0.29, 0.717) is 12.2 Å². The van der Waals surface area contributed by atoms with Crippen LogP contribution < -0.4 is 10.6 Å². The van der Waals surface area contributed by atoms with Gasteiger partial charge in [0.1, 0.15) is 5.69 Å². The Morgan fingerprint density at radius 3 is 2.80 bits per heavy atom. The fraction of sp³-hybridized carbons (Fsp3) is 0.312. The molecule has 104 valence electrons. The number of nitrogens with two attached hydrogens (primary N) is 1. The lowest BCUT2D eigenvalue weighted by molar-refractivity contribution is 0.0979. The monoisotopic (exact) mass is 269 g/mol. The number of carbonyl (C=O) groups is 1. The second-order valence-corrected chi connectivity index (χ2v) is 5.46. The van der Waals surface area contributed by atoms with Gasteiger partial charge in [-0.25, -0.2) is 0 Å². The molecule has 1 aromatic carbocycles. The molecule has 3 rings (SSSR count). The van der Waals surface area contributed by atoms with Gasteiger partial charge in [0.2, 0.25) is 0 Å². The van der Waals surface area contributed by atoms with Gasteiger partial charge in [-0.2, -0.15) is 0 Å². The third-order valence-electron chi connectivity index (χ3n) is 3.83. The van der Waals surface area contributed by atoms with Crippen LogP contribution in [0.4, 0.5) is 11.4 Å². The minimum absolute atomic E-state index is 0.0281. The lowest BCUT2D eigenvalue weighted by Crippen LogP contribution is -2.31. The Bertz CT molecular complexity index is 657. The van der Waals surface area contributed by atoms with E-state index in [1.807, 2.05) is 41.1 Å². The first kappa shape index (κ1) is 12.8. The van der Waals surface area contributed by atoms with Crippen molar-refractivity contribution >= 4 is 17.3 Å². The van der Waals surface area contributed by atoms with E-state index in [-0.39, 0.29) is 11.9 Å². The number of hydrogen-bond acceptors (Lipinski definition) is 2. The van der Waals surface area contributed by atoms with Crippen LogP contribution in [0, 0.1) is 0 Å². The highest BCUT2D eigenvalue weighted by Crippen LogP contribution is 2.34. The molecule has 4 heteroatoms. The molecule has 0 unspecified atom stereocenters. The normalized spacial score (nSPS) is 13.8. The van der Waals surface area contributed by atoms with Crippen LogP contribution in [-0.4, -0.2) is 17.0 Å². The zero-order valence-corrected chi connectivity index (χ0v) is 11.8. The summed E-state index contributed by atoms with van der Waals surface area (Å²) in [5, 5.41) is 0. The van der Waals surface area contributed by atoms with Crippen LogP contribution in [0.3, 0.4) is 0 Å². The molecule has 20 heavy (non-hydrogen) atoms. The van der Waals surface area contributed by atoms with Gasteiger partial charge in [-0.3, -0.25) is 4.79 Å². The Kier molecular flexibility index (Phi) is 3.01. The summed E-state index contributed by atoms with van der Waals surface area (Å²) < 4.78 is 2.00. The molecule has 0 saturated heterocycles. The molecule has 0 atom stereocenters. The van der Waals surface area contributed by atoms with Crippen LogP contribution in [0.2, 0.25) is 0 Å². The number of nitrogen functional groups attached to an aromatic ring is 1. The third kappa shape index (κ3) is 1.88. The molecule has 0 saturated carbocycles. The maximum Gasteiger partial charge on any atom is 0.274 e. The van der Waals surface area contributed by atoms with E-state index < -0.39 is 0 Å². The van der Waals surface area contributed by atoms with Gasteiger partial charge >= 0.3 is 0 Å². The van der Waals surface area contributed by atoms with Crippen molar-refractivity contribution in [2.45, 2.75) is 26.3 Å². The van der Waals surface area contributed by atoms with Crippen LogP contribution >= 0.6 is 0 Å². The Morgan fingerprint density at radius 1 is 1.25 bits per heavy atom. The maximum absolute atomic E-state index is 12.8. The molecule has 1 aliphatic rings. The first-order chi connectivity index (χ1) is 9.59. The Hall–Kier alpha value is -2.23. The zero-order chi connectivity index (χ0) is 14.3. The number of nitrogens with zero attached hydrogens (tertiary/aromatic N) is 2. The van der Waals surface area contributed by atoms with Crippen LogP contribution in [0.25, 0.3) is 0 Å². The van der Waals surface area contributed by atoms with Gasteiger partial charge < -0.3 is 15.2 Å². The summed E-state index contributed by atoms with van der Waals surface area (Å²) in [6.07, 6.45) is 2.82. The van der Waals surface area contributed by atoms with Crippen LogP contribution in [0.5, 0.6) is 0 Å². The number of benzene rings is 1. The molecule has 2 N–H and O–H groups in total. The van der Waals surface area contributed by atoms with Gasteiger partial charge in [-0.1, -0.05) is 12.1 Å². The topological polar surface area (TPSA) is 51.3 Å². The number of rotatable bonds is 2. The summed E-state index contributed by atoms with van der Waals surface area (Å²) in [6, 6.07) is 9.89. The molecule has 4 nitrogen and oxygen atoms in total. The van der Waals surface area contributed by atoms with Crippen molar-refractivity contribution in [2.24, 2.45) is 0 Å². The number of fused-ring (bicyclic) bond motifs is 1. The standard InChI is InChI=1S/C16H19N3O/c1-11(2)18-9-4-7-14(18)16(20)19-10-8-12-5-3-6-13(17)15(12)19/h3-7,9,11H,8,10,17H2,1-2H3. The molecule has 0 bridgehead atoms. The average Bonchev–Trinajstić information content (AvgIpc) is 3.05. The van der Waals surface area contributed by atoms with E-state index >= 15 is 0 Å². The predicted octanol–water partition coefficient (Wildman–Crippen LogP) is 2.85. The molecular formula is C16H19N3O. The van der Waals surface area contributed by atoms with Crippen LogP contribution in [0.1, 0.15) is 35.9 Å². The van der Waals surface area contributed by atoms with Crippen LogP contribution in [-0.2, 0) is 6.42 Å². The van der Waals surface area contributed by atoms with Gasteiger partial charge in [-0.15, -0.1) is 0 Å². The SMILES string of the molecule is CC(C)n1cccc1C(=O)N1CCc2cccc(N)c21. The molecule has 1 aliphatic heterocycles. The largest absolute Gasteiger partial charge is 0.397 e. The van der Waals surface area contributed by atoms with Gasteiger partial charge in [0.25, 0.3) is 5.91 Å². The lowest BCUT2D eigenvalue weighted by Gasteiger charge is -2.21. The molecule has 0 fully saturated rings. The van der Waals surface area contributed by atoms with Gasteiger partial charge in [0, 0.05) is 18.8 Å². The van der Waals surface area contributed by atoms with Crippen molar-refractivity contribution in [3.05, 3.63) is 47.8 Å². The summed E-state index contributed by atoms with van der Waals surface area (Å²) in [6.45, 7) is 4.85. The highest BCUT2D eigenvalue weighted by molar-refractivity contribution is 6.08. The number of amides is 1. The molecule has 2 aromatic rings. The molecule has 2 heterocycles.